The molecule has 0 aliphatic heterocycles. The molecule has 78 valence electrons. The summed E-state index contributed by atoms with van der Waals surface area (Å²) in [6.07, 6.45) is 3.05. The zero-order valence-corrected chi connectivity index (χ0v) is 8.87. The lowest BCUT2D eigenvalue weighted by Crippen LogP contribution is -2.34. The number of aryl methyl sites for hydroxylation is 1. The largest absolute Gasteiger partial charge is 0.330 e. The highest BCUT2D eigenvalue weighted by atomic mass is 16.7. The van der Waals surface area contributed by atoms with Crippen molar-refractivity contribution in [3.05, 3.63) is 18.2 Å². The minimum Gasteiger partial charge on any atom is -0.330 e. The number of rotatable bonds is 2. The number of hydrogen-bond donors (Lipinski definition) is 1. The van der Waals surface area contributed by atoms with E-state index in [-0.39, 0.29) is 5.91 Å². The second-order valence-electron chi connectivity index (χ2n) is 4.04. The lowest BCUT2D eigenvalue weighted by molar-refractivity contribution is -0.0592. The van der Waals surface area contributed by atoms with Crippen LogP contribution in [0.2, 0.25) is 0 Å². The molecule has 0 atom stereocenters. The zero-order chi connectivity index (χ0) is 10.8. The second-order valence-corrected chi connectivity index (χ2v) is 4.04. The summed E-state index contributed by atoms with van der Waals surface area (Å²) in [5.41, 5.74) is 2.44. The van der Waals surface area contributed by atoms with E-state index in [1.807, 2.05) is 20.8 Å². The topological polar surface area (TPSA) is 56.2 Å². The zero-order valence-electron chi connectivity index (χ0n) is 8.87. The summed E-state index contributed by atoms with van der Waals surface area (Å²) in [5.74, 6) is -0.292. The van der Waals surface area contributed by atoms with E-state index in [0.29, 0.717) is 5.69 Å². The highest BCUT2D eigenvalue weighted by Gasteiger charge is 2.15. The van der Waals surface area contributed by atoms with Crippen molar-refractivity contribution in [2.45, 2.75) is 26.4 Å². The first-order chi connectivity index (χ1) is 6.40. The Morgan fingerprint density at radius 2 is 2.21 bits per heavy atom. The number of aromatic nitrogens is 2. The number of hydroxylamine groups is 1. The molecule has 1 rings (SSSR count). The molecule has 0 fully saturated rings. The molecule has 1 N–H and O–H groups in total. The Morgan fingerprint density at radius 1 is 1.57 bits per heavy atom. The quantitative estimate of drug-likeness (QED) is 0.716. The third-order valence-corrected chi connectivity index (χ3v) is 1.50. The van der Waals surface area contributed by atoms with Crippen LogP contribution < -0.4 is 5.48 Å². The molecule has 0 aromatic carbocycles. The molecule has 5 heteroatoms. The van der Waals surface area contributed by atoms with Crippen LogP contribution in [0.15, 0.2) is 12.5 Å². The monoisotopic (exact) mass is 197 g/mol. The van der Waals surface area contributed by atoms with Gasteiger partial charge in [-0.1, -0.05) is 0 Å². The molecule has 1 aromatic rings. The van der Waals surface area contributed by atoms with Crippen molar-refractivity contribution in [3.8, 4) is 0 Å². The molecule has 0 radical (unpaired) electrons. The Bertz CT molecular complexity index is 325. The SMILES string of the molecule is Cn1cncc1C(=O)NOC(C)(C)C. The maximum absolute atomic E-state index is 11.5. The summed E-state index contributed by atoms with van der Waals surface area (Å²) < 4.78 is 1.63. The Hall–Kier alpha value is -1.36. The molecule has 1 heterocycles. The molecule has 0 saturated carbocycles. The first kappa shape index (κ1) is 10.7. The number of carbonyl (C=O) groups excluding carboxylic acids is 1. The molecule has 0 aliphatic carbocycles. The van der Waals surface area contributed by atoms with Gasteiger partial charge in [-0.15, -0.1) is 0 Å². The minimum absolute atomic E-state index is 0.292. The fraction of sp³-hybridized carbons (Fsp3) is 0.556. The summed E-state index contributed by atoms with van der Waals surface area (Å²) in [7, 11) is 1.75. The first-order valence-corrected chi connectivity index (χ1v) is 4.35. The maximum Gasteiger partial charge on any atom is 0.293 e. The Morgan fingerprint density at radius 3 is 2.64 bits per heavy atom. The predicted molar refractivity (Wildman–Crippen MR) is 51.5 cm³/mol. The van der Waals surface area contributed by atoms with Gasteiger partial charge < -0.3 is 4.57 Å². The number of amides is 1. The van der Waals surface area contributed by atoms with E-state index in [1.54, 1.807) is 17.9 Å². The van der Waals surface area contributed by atoms with Crippen LogP contribution in [0.25, 0.3) is 0 Å². The van der Waals surface area contributed by atoms with Crippen molar-refractivity contribution in [3.63, 3.8) is 0 Å². The summed E-state index contributed by atoms with van der Waals surface area (Å²) in [5, 5.41) is 0. The van der Waals surface area contributed by atoms with Gasteiger partial charge in [0, 0.05) is 7.05 Å². The summed E-state index contributed by atoms with van der Waals surface area (Å²) >= 11 is 0. The average Bonchev–Trinajstić information content (AvgIpc) is 2.46. The van der Waals surface area contributed by atoms with Crippen molar-refractivity contribution in [1.82, 2.24) is 15.0 Å². The van der Waals surface area contributed by atoms with E-state index in [4.69, 9.17) is 4.84 Å². The summed E-state index contributed by atoms with van der Waals surface area (Å²) in [6.45, 7) is 5.57. The number of nitrogens with zero attached hydrogens (tertiary/aromatic N) is 2. The van der Waals surface area contributed by atoms with E-state index in [2.05, 4.69) is 10.5 Å². The molecule has 0 unspecified atom stereocenters. The Labute approximate surface area is 83.0 Å². The van der Waals surface area contributed by atoms with Gasteiger partial charge in [0.05, 0.1) is 18.1 Å². The second kappa shape index (κ2) is 3.79. The molecule has 0 bridgehead atoms. The third-order valence-electron chi connectivity index (χ3n) is 1.50. The number of hydrogen-bond acceptors (Lipinski definition) is 3. The van der Waals surface area contributed by atoms with Crippen molar-refractivity contribution >= 4 is 5.91 Å². The van der Waals surface area contributed by atoms with Gasteiger partial charge in [0.1, 0.15) is 5.69 Å². The van der Waals surface area contributed by atoms with Crippen molar-refractivity contribution in [1.29, 1.82) is 0 Å². The van der Waals surface area contributed by atoms with Crippen LogP contribution in [0.1, 0.15) is 31.3 Å². The molecular weight excluding hydrogens is 182 g/mol. The van der Waals surface area contributed by atoms with Gasteiger partial charge in [-0.2, -0.15) is 0 Å². The number of nitrogens with one attached hydrogen (secondary N) is 1. The third kappa shape index (κ3) is 2.85. The molecule has 14 heavy (non-hydrogen) atoms. The minimum atomic E-state index is -0.395. The average molecular weight is 197 g/mol. The van der Waals surface area contributed by atoms with Crippen LogP contribution in [0.4, 0.5) is 0 Å². The van der Waals surface area contributed by atoms with Crippen LogP contribution in [0, 0.1) is 0 Å². The fourth-order valence-electron chi connectivity index (χ4n) is 0.828. The number of imidazole rings is 1. The Balaban J connectivity index is 2.56. The van der Waals surface area contributed by atoms with E-state index in [9.17, 15) is 4.79 Å². The maximum atomic E-state index is 11.5. The van der Waals surface area contributed by atoms with Crippen LogP contribution in [0.5, 0.6) is 0 Å². The van der Waals surface area contributed by atoms with Crippen LogP contribution in [-0.4, -0.2) is 21.1 Å². The number of carbonyl (C=O) groups is 1. The molecular formula is C9H15N3O2. The summed E-state index contributed by atoms with van der Waals surface area (Å²) in [4.78, 5) is 20.4. The van der Waals surface area contributed by atoms with E-state index in [0.717, 1.165) is 0 Å². The van der Waals surface area contributed by atoms with Crippen molar-refractivity contribution in [2.75, 3.05) is 0 Å². The molecule has 1 aromatic heterocycles. The predicted octanol–water partition coefficient (Wildman–Crippen LogP) is 0.880. The Kier molecular flexibility index (Phi) is 2.90. The fourth-order valence-corrected chi connectivity index (χ4v) is 0.828. The van der Waals surface area contributed by atoms with E-state index >= 15 is 0 Å². The molecule has 5 nitrogen and oxygen atoms in total. The van der Waals surface area contributed by atoms with Crippen LogP contribution >= 0.6 is 0 Å². The van der Waals surface area contributed by atoms with Gasteiger partial charge in [0.25, 0.3) is 5.91 Å². The van der Waals surface area contributed by atoms with Gasteiger partial charge in [-0.3, -0.25) is 9.63 Å². The van der Waals surface area contributed by atoms with Crippen molar-refractivity contribution < 1.29 is 9.63 Å². The van der Waals surface area contributed by atoms with Gasteiger partial charge in [-0.25, -0.2) is 10.5 Å². The lowest BCUT2D eigenvalue weighted by Gasteiger charge is -2.18. The normalized spacial score (nSPS) is 11.4. The van der Waals surface area contributed by atoms with Gasteiger partial charge in [0.2, 0.25) is 0 Å². The van der Waals surface area contributed by atoms with Gasteiger partial charge in [0.15, 0.2) is 0 Å². The summed E-state index contributed by atoms with van der Waals surface area (Å²) in [6, 6.07) is 0. The first-order valence-electron chi connectivity index (χ1n) is 4.35. The van der Waals surface area contributed by atoms with E-state index in [1.165, 1.54) is 6.20 Å². The van der Waals surface area contributed by atoms with Crippen molar-refractivity contribution in [2.24, 2.45) is 7.05 Å². The van der Waals surface area contributed by atoms with Gasteiger partial charge >= 0.3 is 0 Å². The van der Waals surface area contributed by atoms with Gasteiger partial charge in [-0.05, 0) is 20.8 Å². The highest BCUT2D eigenvalue weighted by Crippen LogP contribution is 2.04. The lowest BCUT2D eigenvalue weighted by atomic mass is 10.2. The van der Waals surface area contributed by atoms with Crippen LogP contribution in [0.3, 0.4) is 0 Å². The standard InChI is InChI=1S/C9H15N3O2/c1-9(2,3)14-11-8(13)7-5-10-6-12(7)4/h5-6H,1-4H3,(H,11,13). The molecule has 0 saturated heterocycles. The molecule has 0 spiro atoms. The smallest absolute Gasteiger partial charge is 0.293 e. The molecule has 0 aliphatic rings. The van der Waals surface area contributed by atoms with E-state index < -0.39 is 5.60 Å². The van der Waals surface area contributed by atoms with Crippen LogP contribution in [-0.2, 0) is 11.9 Å². The highest BCUT2D eigenvalue weighted by molar-refractivity contribution is 5.91. The molecule has 1 amide bonds.